The molecule has 2 unspecified atom stereocenters. The van der Waals surface area contributed by atoms with E-state index in [2.05, 4.69) is 20.9 Å². The number of nitrogens with zero attached hydrogens (tertiary/aromatic N) is 1. The van der Waals surface area contributed by atoms with Crippen LogP contribution < -0.4 is 33.2 Å². The molecule has 0 heterocycles. The van der Waals surface area contributed by atoms with E-state index in [0.29, 0.717) is 12.8 Å². The Kier molecular flexibility index (Phi) is 11.9. The Labute approximate surface area is 163 Å². The fourth-order valence-corrected chi connectivity index (χ4v) is 2.16. The van der Waals surface area contributed by atoms with Gasteiger partial charge in [0.2, 0.25) is 17.7 Å². The molecule has 10 N–H and O–H groups in total. The lowest BCUT2D eigenvalue weighted by molar-refractivity contribution is -0.142. The number of carbonyl (C=O) groups is 4. The highest BCUT2D eigenvalue weighted by Gasteiger charge is 2.20. The summed E-state index contributed by atoms with van der Waals surface area (Å²) >= 11 is 0. The van der Waals surface area contributed by atoms with Gasteiger partial charge >= 0.3 is 5.97 Å². The normalized spacial score (nSPS) is 12.6. The molecule has 0 fully saturated rings. The third-order valence-corrected chi connectivity index (χ3v) is 3.51. The van der Waals surface area contributed by atoms with Crippen LogP contribution in [-0.4, -0.2) is 66.5 Å². The number of nitrogens with two attached hydrogens (primary N) is 3. The van der Waals surface area contributed by atoms with Crippen molar-refractivity contribution >= 4 is 29.7 Å². The van der Waals surface area contributed by atoms with Gasteiger partial charge in [-0.2, -0.15) is 0 Å². The van der Waals surface area contributed by atoms with Crippen LogP contribution in [0.2, 0.25) is 0 Å². The number of carboxylic acid groups (broad SMARTS) is 1. The summed E-state index contributed by atoms with van der Waals surface area (Å²) in [5.41, 5.74) is 16.0. The second kappa shape index (κ2) is 13.3. The van der Waals surface area contributed by atoms with Crippen molar-refractivity contribution in [3.8, 4) is 0 Å². The van der Waals surface area contributed by atoms with Crippen molar-refractivity contribution in [2.24, 2.45) is 28.1 Å². The van der Waals surface area contributed by atoms with Crippen LogP contribution in [0.4, 0.5) is 0 Å². The van der Waals surface area contributed by atoms with Gasteiger partial charge in [-0.1, -0.05) is 13.8 Å². The van der Waals surface area contributed by atoms with Crippen LogP contribution in [0.25, 0.3) is 0 Å². The van der Waals surface area contributed by atoms with Crippen molar-refractivity contribution in [1.29, 1.82) is 0 Å². The summed E-state index contributed by atoms with van der Waals surface area (Å²) < 4.78 is 0. The first-order chi connectivity index (χ1) is 13.0. The molecule has 0 aliphatic carbocycles. The first-order valence-corrected chi connectivity index (χ1v) is 8.90. The molecule has 0 aromatic rings. The Morgan fingerprint density at radius 1 is 1.04 bits per heavy atom. The summed E-state index contributed by atoms with van der Waals surface area (Å²) in [5.74, 6) is -2.81. The lowest BCUT2D eigenvalue weighted by Gasteiger charge is -2.15. The van der Waals surface area contributed by atoms with Crippen molar-refractivity contribution in [3.05, 3.63) is 0 Å². The Hall–Kier alpha value is -2.89. The van der Waals surface area contributed by atoms with E-state index in [0.717, 1.165) is 0 Å². The van der Waals surface area contributed by atoms with E-state index in [1.807, 2.05) is 13.8 Å². The van der Waals surface area contributed by atoms with Gasteiger partial charge in [0.25, 0.3) is 0 Å². The standard InChI is InChI=1S/C16H31N7O5/c1-9(2)6-10(17)14(26)22-7-12(24)21-8-13(25)23-11(15(27)28)4-3-5-20-16(18)19/h9-11H,3-8,17H2,1-2H3,(H,21,24)(H,22,26)(H,23,25)(H,27,28)(H4,18,19,20). The first-order valence-electron chi connectivity index (χ1n) is 8.90. The van der Waals surface area contributed by atoms with E-state index in [1.54, 1.807) is 0 Å². The molecule has 12 heteroatoms. The van der Waals surface area contributed by atoms with Crippen molar-refractivity contribution in [3.63, 3.8) is 0 Å². The fraction of sp³-hybridized carbons (Fsp3) is 0.688. The van der Waals surface area contributed by atoms with Gasteiger partial charge < -0.3 is 38.3 Å². The zero-order valence-corrected chi connectivity index (χ0v) is 16.2. The fourth-order valence-electron chi connectivity index (χ4n) is 2.16. The molecule has 0 bridgehead atoms. The van der Waals surface area contributed by atoms with Crippen LogP contribution in [0, 0.1) is 5.92 Å². The molecule has 0 aromatic heterocycles. The van der Waals surface area contributed by atoms with Gasteiger partial charge in [0.15, 0.2) is 5.96 Å². The molecule has 12 nitrogen and oxygen atoms in total. The highest BCUT2D eigenvalue weighted by Crippen LogP contribution is 2.02. The number of hydrogen-bond donors (Lipinski definition) is 7. The number of carbonyl (C=O) groups excluding carboxylic acids is 3. The van der Waals surface area contributed by atoms with Crippen LogP contribution in [0.3, 0.4) is 0 Å². The maximum atomic E-state index is 11.8. The van der Waals surface area contributed by atoms with Gasteiger partial charge in [-0.25, -0.2) is 4.79 Å². The molecular formula is C16H31N7O5. The third-order valence-electron chi connectivity index (χ3n) is 3.51. The largest absolute Gasteiger partial charge is 0.480 e. The molecule has 3 amide bonds. The molecule has 0 aliphatic rings. The third kappa shape index (κ3) is 12.5. The quantitative estimate of drug-likeness (QED) is 0.0970. The van der Waals surface area contributed by atoms with Crippen LogP contribution in [0.1, 0.15) is 33.1 Å². The molecule has 0 saturated heterocycles. The van der Waals surface area contributed by atoms with Gasteiger partial charge in [-0.05, 0) is 25.2 Å². The van der Waals surface area contributed by atoms with Crippen molar-refractivity contribution < 1.29 is 24.3 Å². The number of carboxylic acids is 1. The zero-order valence-electron chi connectivity index (χ0n) is 16.2. The molecular weight excluding hydrogens is 370 g/mol. The minimum atomic E-state index is -1.21. The number of rotatable bonds is 13. The molecule has 0 aliphatic heterocycles. The van der Waals surface area contributed by atoms with Crippen LogP contribution >= 0.6 is 0 Å². The number of guanidine groups is 1. The predicted octanol–water partition coefficient (Wildman–Crippen LogP) is -2.78. The minimum absolute atomic E-state index is 0.101. The van der Waals surface area contributed by atoms with Gasteiger partial charge in [0.05, 0.1) is 19.1 Å². The van der Waals surface area contributed by atoms with Crippen LogP contribution in [-0.2, 0) is 19.2 Å². The SMILES string of the molecule is CC(C)CC(N)C(=O)NCC(=O)NCC(=O)NC(CCCN=C(N)N)C(=O)O. The molecule has 160 valence electrons. The average molecular weight is 401 g/mol. The summed E-state index contributed by atoms with van der Waals surface area (Å²) in [5, 5.41) is 16.1. The average Bonchev–Trinajstić information content (AvgIpc) is 2.59. The maximum Gasteiger partial charge on any atom is 0.326 e. The number of nitrogens with one attached hydrogen (secondary N) is 3. The van der Waals surface area contributed by atoms with Gasteiger partial charge in [-0.3, -0.25) is 19.4 Å². The van der Waals surface area contributed by atoms with E-state index in [4.69, 9.17) is 22.3 Å². The van der Waals surface area contributed by atoms with Crippen LogP contribution in [0.5, 0.6) is 0 Å². The minimum Gasteiger partial charge on any atom is -0.480 e. The molecule has 0 saturated carbocycles. The summed E-state index contributed by atoms with van der Waals surface area (Å²) in [6.07, 6.45) is 0.954. The summed E-state index contributed by atoms with van der Waals surface area (Å²) in [4.78, 5) is 50.1. The van der Waals surface area contributed by atoms with Crippen molar-refractivity contribution in [2.45, 2.75) is 45.2 Å². The molecule has 0 aromatic carbocycles. The lowest BCUT2D eigenvalue weighted by atomic mass is 10.0. The van der Waals surface area contributed by atoms with E-state index >= 15 is 0 Å². The van der Waals surface area contributed by atoms with E-state index in [1.165, 1.54) is 0 Å². The van der Waals surface area contributed by atoms with Gasteiger partial charge in [0.1, 0.15) is 6.04 Å². The van der Waals surface area contributed by atoms with E-state index in [-0.39, 0.29) is 31.4 Å². The van der Waals surface area contributed by atoms with Crippen molar-refractivity contribution in [2.75, 3.05) is 19.6 Å². The Balaban J connectivity index is 4.22. The smallest absolute Gasteiger partial charge is 0.326 e. The second-order valence-electron chi connectivity index (χ2n) is 6.64. The summed E-state index contributed by atoms with van der Waals surface area (Å²) in [6.45, 7) is 3.31. The summed E-state index contributed by atoms with van der Waals surface area (Å²) in [7, 11) is 0. The number of aliphatic carboxylic acids is 1. The highest BCUT2D eigenvalue weighted by atomic mass is 16.4. The zero-order chi connectivity index (χ0) is 21.7. The topological polar surface area (TPSA) is 215 Å². The Bertz CT molecular complexity index is 576. The highest BCUT2D eigenvalue weighted by molar-refractivity contribution is 5.90. The second-order valence-corrected chi connectivity index (χ2v) is 6.64. The number of hydrogen-bond acceptors (Lipinski definition) is 6. The van der Waals surface area contributed by atoms with Gasteiger partial charge in [0, 0.05) is 6.54 Å². The maximum absolute atomic E-state index is 11.8. The van der Waals surface area contributed by atoms with E-state index < -0.39 is 42.3 Å². The summed E-state index contributed by atoms with van der Waals surface area (Å²) in [6, 6.07) is -1.85. The number of amides is 3. The Morgan fingerprint density at radius 2 is 1.64 bits per heavy atom. The first kappa shape index (κ1) is 25.1. The molecule has 0 radical (unpaired) electrons. The Morgan fingerprint density at radius 3 is 2.18 bits per heavy atom. The monoisotopic (exact) mass is 401 g/mol. The van der Waals surface area contributed by atoms with Crippen LogP contribution in [0.15, 0.2) is 4.99 Å². The molecule has 2 atom stereocenters. The predicted molar refractivity (Wildman–Crippen MR) is 103 cm³/mol. The van der Waals surface area contributed by atoms with Gasteiger partial charge in [-0.15, -0.1) is 0 Å². The number of aliphatic imine (C=N–C) groups is 1. The molecule has 0 rings (SSSR count). The molecule has 0 spiro atoms. The van der Waals surface area contributed by atoms with Crippen molar-refractivity contribution in [1.82, 2.24) is 16.0 Å². The lowest BCUT2D eigenvalue weighted by Crippen LogP contribution is -2.48. The molecule has 28 heavy (non-hydrogen) atoms. The van der Waals surface area contributed by atoms with E-state index in [9.17, 15) is 19.2 Å².